The van der Waals surface area contributed by atoms with E-state index in [2.05, 4.69) is 41.2 Å². The molecule has 1 fully saturated rings. The first-order valence-electron chi connectivity index (χ1n) is 13.2. The van der Waals surface area contributed by atoms with Gasteiger partial charge in [0.25, 0.3) is 5.91 Å². The zero-order valence-corrected chi connectivity index (χ0v) is 22.3. The predicted octanol–water partition coefficient (Wildman–Crippen LogP) is 5.67. The third-order valence-corrected chi connectivity index (χ3v) is 6.89. The SMILES string of the molecule is Cc1ccc(NC(=O)c2cccc(C(F)(F)F)c2)cc1Nc1ncncc1-c1cc(NCC2CCNCC2)ncn1. The quantitative estimate of drug-likeness (QED) is 0.217. The lowest BCUT2D eigenvalue weighted by Crippen LogP contribution is -2.31. The normalized spacial score (nSPS) is 14.0. The molecule has 4 N–H and O–H groups in total. The Bertz CT molecular complexity index is 1520. The van der Waals surface area contributed by atoms with Crippen LogP contribution < -0.4 is 21.3 Å². The maximum Gasteiger partial charge on any atom is 0.416 e. The van der Waals surface area contributed by atoms with E-state index in [1.807, 2.05) is 13.0 Å². The fourth-order valence-corrected chi connectivity index (χ4v) is 4.55. The minimum atomic E-state index is -4.54. The number of halogens is 3. The largest absolute Gasteiger partial charge is 0.416 e. The van der Waals surface area contributed by atoms with Gasteiger partial charge in [-0.25, -0.2) is 19.9 Å². The molecule has 1 aliphatic heterocycles. The Morgan fingerprint density at radius 2 is 1.85 bits per heavy atom. The van der Waals surface area contributed by atoms with Gasteiger partial charge in [-0.2, -0.15) is 13.2 Å². The fraction of sp³-hybridized carbons (Fsp3) is 0.276. The summed E-state index contributed by atoms with van der Waals surface area (Å²) in [5.74, 6) is 1.13. The number of nitrogens with one attached hydrogen (secondary N) is 4. The number of benzene rings is 2. The molecule has 0 atom stereocenters. The molecule has 0 bridgehead atoms. The van der Waals surface area contributed by atoms with E-state index in [-0.39, 0.29) is 5.56 Å². The highest BCUT2D eigenvalue weighted by molar-refractivity contribution is 6.04. The molecule has 2 aromatic heterocycles. The second-order valence-electron chi connectivity index (χ2n) is 9.84. The van der Waals surface area contributed by atoms with Crippen LogP contribution in [0, 0.1) is 12.8 Å². The summed E-state index contributed by atoms with van der Waals surface area (Å²) < 4.78 is 39.3. The van der Waals surface area contributed by atoms with Gasteiger partial charge in [-0.05, 0) is 74.7 Å². The first-order valence-corrected chi connectivity index (χ1v) is 13.2. The summed E-state index contributed by atoms with van der Waals surface area (Å²) in [4.78, 5) is 30.1. The lowest BCUT2D eigenvalue weighted by Gasteiger charge is -2.23. The monoisotopic (exact) mass is 562 g/mol. The minimum Gasteiger partial charge on any atom is -0.370 e. The van der Waals surface area contributed by atoms with Gasteiger partial charge in [0.15, 0.2) is 0 Å². The van der Waals surface area contributed by atoms with Crippen LogP contribution in [0.3, 0.4) is 0 Å². The van der Waals surface area contributed by atoms with Crippen LogP contribution in [0.1, 0.15) is 34.3 Å². The number of aryl methyl sites for hydroxylation is 1. The first-order chi connectivity index (χ1) is 19.8. The smallest absolute Gasteiger partial charge is 0.370 e. The Morgan fingerprint density at radius 1 is 1.02 bits per heavy atom. The van der Waals surface area contributed by atoms with Crippen molar-refractivity contribution < 1.29 is 18.0 Å². The van der Waals surface area contributed by atoms with Gasteiger partial charge in [0.2, 0.25) is 0 Å². The van der Waals surface area contributed by atoms with Crippen molar-refractivity contribution in [3.63, 3.8) is 0 Å². The number of alkyl halides is 3. The van der Waals surface area contributed by atoms with Crippen LogP contribution in [0.4, 0.5) is 36.2 Å². The van der Waals surface area contributed by atoms with Gasteiger partial charge in [-0.3, -0.25) is 4.79 Å². The Balaban J connectivity index is 1.33. The zero-order chi connectivity index (χ0) is 28.8. The highest BCUT2D eigenvalue weighted by Gasteiger charge is 2.31. The van der Waals surface area contributed by atoms with E-state index in [4.69, 9.17) is 0 Å². The summed E-state index contributed by atoms with van der Waals surface area (Å²) >= 11 is 0. The number of hydrogen-bond donors (Lipinski definition) is 4. The molecule has 4 aromatic rings. The number of carbonyl (C=O) groups is 1. The molecule has 1 amide bonds. The first kappa shape index (κ1) is 28.0. The maximum absolute atomic E-state index is 13.1. The molecular weight excluding hydrogens is 533 g/mol. The predicted molar refractivity (Wildman–Crippen MR) is 151 cm³/mol. The number of rotatable bonds is 8. The standard InChI is InChI=1S/C29H29F3N8O/c1-18-5-6-22(39-28(41)20-3-2-4-21(11-20)29(30,31)32)12-24(18)40-27-23(15-34-16-38-27)25-13-26(37-17-36-25)35-14-19-7-9-33-10-8-19/h2-6,11-13,15-17,19,33H,7-10,14H2,1H3,(H,39,41)(H,34,38,40)(H,35,36,37). The summed E-state index contributed by atoms with van der Waals surface area (Å²) in [5, 5.41) is 12.7. The highest BCUT2D eigenvalue weighted by atomic mass is 19.4. The second kappa shape index (κ2) is 12.3. The maximum atomic E-state index is 13.1. The van der Waals surface area contributed by atoms with Gasteiger partial charge in [-0.15, -0.1) is 0 Å². The zero-order valence-electron chi connectivity index (χ0n) is 22.3. The Kier molecular flexibility index (Phi) is 8.39. The van der Waals surface area contributed by atoms with Gasteiger partial charge in [0.05, 0.1) is 16.8 Å². The molecule has 2 aromatic carbocycles. The lowest BCUT2D eigenvalue weighted by atomic mass is 9.98. The van der Waals surface area contributed by atoms with E-state index in [1.165, 1.54) is 24.8 Å². The van der Waals surface area contributed by atoms with Crippen LogP contribution in [0.15, 0.2) is 67.4 Å². The van der Waals surface area contributed by atoms with Gasteiger partial charge in [0, 0.05) is 35.7 Å². The van der Waals surface area contributed by atoms with Crippen LogP contribution >= 0.6 is 0 Å². The summed E-state index contributed by atoms with van der Waals surface area (Å²) in [7, 11) is 0. The number of anilines is 4. The van der Waals surface area contributed by atoms with Crippen molar-refractivity contribution in [1.29, 1.82) is 0 Å². The van der Waals surface area contributed by atoms with Gasteiger partial charge in [-0.1, -0.05) is 12.1 Å². The van der Waals surface area contributed by atoms with E-state index < -0.39 is 17.6 Å². The molecule has 0 saturated carbocycles. The molecule has 9 nitrogen and oxygen atoms in total. The topological polar surface area (TPSA) is 117 Å². The molecule has 212 valence electrons. The van der Waals surface area contributed by atoms with E-state index in [1.54, 1.807) is 24.4 Å². The van der Waals surface area contributed by atoms with Crippen LogP contribution in [0.5, 0.6) is 0 Å². The highest BCUT2D eigenvalue weighted by Crippen LogP contribution is 2.31. The molecule has 0 aliphatic carbocycles. The molecule has 0 unspecified atom stereocenters. The summed E-state index contributed by atoms with van der Waals surface area (Å²) in [6.07, 6.45) is 2.25. The Labute approximate surface area is 235 Å². The average Bonchev–Trinajstić information content (AvgIpc) is 2.98. The molecule has 12 heteroatoms. The number of amides is 1. The van der Waals surface area contributed by atoms with Crippen molar-refractivity contribution in [2.45, 2.75) is 25.9 Å². The van der Waals surface area contributed by atoms with Crippen LogP contribution in [-0.2, 0) is 6.18 Å². The van der Waals surface area contributed by atoms with Crippen molar-refractivity contribution in [3.05, 3.63) is 84.1 Å². The lowest BCUT2D eigenvalue weighted by molar-refractivity contribution is -0.137. The fourth-order valence-electron chi connectivity index (χ4n) is 4.55. The van der Waals surface area contributed by atoms with Crippen LogP contribution in [-0.4, -0.2) is 45.5 Å². The molecule has 0 radical (unpaired) electrons. The van der Waals surface area contributed by atoms with Gasteiger partial charge in [0.1, 0.15) is 24.3 Å². The number of aromatic nitrogens is 4. The molecule has 5 rings (SSSR count). The van der Waals surface area contributed by atoms with Crippen molar-refractivity contribution >= 4 is 28.9 Å². The second-order valence-corrected chi connectivity index (χ2v) is 9.84. The van der Waals surface area contributed by atoms with Gasteiger partial charge >= 0.3 is 6.18 Å². The number of hydrogen-bond acceptors (Lipinski definition) is 8. The van der Waals surface area contributed by atoms with Crippen LogP contribution in [0.25, 0.3) is 11.3 Å². The third-order valence-electron chi connectivity index (χ3n) is 6.89. The molecule has 1 aliphatic rings. The third kappa shape index (κ3) is 7.14. The molecular formula is C29H29F3N8O. The van der Waals surface area contributed by atoms with E-state index in [0.29, 0.717) is 40.2 Å². The number of nitrogens with zero attached hydrogens (tertiary/aromatic N) is 4. The van der Waals surface area contributed by atoms with E-state index in [9.17, 15) is 18.0 Å². The van der Waals surface area contributed by atoms with E-state index >= 15 is 0 Å². The Morgan fingerprint density at radius 3 is 2.66 bits per heavy atom. The summed E-state index contributed by atoms with van der Waals surface area (Å²) in [6, 6.07) is 11.3. The van der Waals surface area contributed by atoms with Gasteiger partial charge < -0.3 is 21.3 Å². The summed E-state index contributed by atoms with van der Waals surface area (Å²) in [5.41, 5.74) is 2.20. The average molecular weight is 563 g/mol. The Hall–Kier alpha value is -4.58. The minimum absolute atomic E-state index is 0.0960. The molecule has 0 spiro atoms. The van der Waals surface area contributed by atoms with Crippen molar-refractivity contribution in [1.82, 2.24) is 25.3 Å². The van der Waals surface area contributed by atoms with Crippen molar-refractivity contribution in [2.75, 3.05) is 35.6 Å². The van der Waals surface area contributed by atoms with Crippen molar-refractivity contribution in [2.24, 2.45) is 5.92 Å². The number of piperidine rings is 1. The summed E-state index contributed by atoms with van der Waals surface area (Å²) in [6.45, 7) is 4.75. The van der Waals surface area contributed by atoms with Crippen molar-refractivity contribution in [3.8, 4) is 11.3 Å². The van der Waals surface area contributed by atoms with E-state index in [0.717, 1.165) is 50.2 Å². The number of carbonyl (C=O) groups excluding carboxylic acids is 1. The molecule has 41 heavy (non-hydrogen) atoms. The molecule has 3 heterocycles. The molecule has 1 saturated heterocycles. The van der Waals surface area contributed by atoms with Crippen LogP contribution in [0.2, 0.25) is 0 Å².